The topological polar surface area (TPSA) is 47.8 Å². The monoisotopic (exact) mass is 221 g/mol. The Morgan fingerprint density at radius 3 is 2.31 bits per heavy atom. The molecule has 1 aromatic rings. The highest BCUT2D eigenvalue weighted by atomic mass is 16.1. The number of nitrogens with zero attached hydrogens (tertiary/aromatic N) is 3. The summed E-state index contributed by atoms with van der Waals surface area (Å²) in [6, 6.07) is -0.284. The fourth-order valence-electron chi connectivity index (χ4n) is 1.79. The van der Waals surface area contributed by atoms with E-state index in [1.807, 2.05) is 27.7 Å². The van der Waals surface area contributed by atoms with E-state index in [0.717, 1.165) is 11.3 Å². The average molecular weight is 221 g/mol. The Kier molecular flexibility index (Phi) is 3.31. The van der Waals surface area contributed by atoms with Gasteiger partial charge in [0, 0.05) is 0 Å². The maximum Gasteiger partial charge on any atom is 0.154 e. The van der Waals surface area contributed by atoms with Crippen molar-refractivity contribution in [2.24, 2.45) is 5.41 Å². The van der Waals surface area contributed by atoms with Crippen LogP contribution in [0.4, 0.5) is 0 Å². The number of rotatable bonds is 3. The lowest BCUT2D eigenvalue weighted by Gasteiger charge is -2.27. The van der Waals surface area contributed by atoms with Crippen LogP contribution in [0, 0.1) is 5.41 Å². The van der Waals surface area contributed by atoms with Crippen LogP contribution in [0.1, 0.15) is 46.4 Å². The Hall–Kier alpha value is -1.45. The zero-order valence-corrected chi connectivity index (χ0v) is 10.6. The van der Waals surface area contributed by atoms with Gasteiger partial charge in [-0.1, -0.05) is 32.6 Å². The summed E-state index contributed by atoms with van der Waals surface area (Å²) in [6.07, 6.45) is 1.78. The molecule has 88 valence electrons. The van der Waals surface area contributed by atoms with E-state index in [1.165, 1.54) is 0 Å². The van der Waals surface area contributed by atoms with Gasteiger partial charge in [0.1, 0.15) is 11.7 Å². The van der Waals surface area contributed by atoms with E-state index in [2.05, 4.69) is 16.9 Å². The van der Waals surface area contributed by atoms with Gasteiger partial charge in [-0.2, -0.15) is 0 Å². The van der Waals surface area contributed by atoms with Crippen molar-refractivity contribution < 1.29 is 4.79 Å². The third kappa shape index (κ3) is 2.56. The Bertz CT molecular complexity index is 412. The van der Waals surface area contributed by atoms with E-state index < -0.39 is 0 Å². The molecule has 0 N–H and O–H groups in total. The number of aromatic nitrogens is 3. The van der Waals surface area contributed by atoms with Crippen LogP contribution in [0.5, 0.6) is 0 Å². The summed E-state index contributed by atoms with van der Waals surface area (Å²) in [5, 5.41) is 8.00. The second-order valence-corrected chi connectivity index (χ2v) is 5.24. The van der Waals surface area contributed by atoms with Gasteiger partial charge in [-0.15, -0.1) is 5.10 Å². The Balaban J connectivity index is 3.13. The first-order valence-corrected chi connectivity index (χ1v) is 5.31. The van der Waals surface area contributed by atoms with Gasteiger partial charge in [0.25, 0.3) is 0 Å². The fraction of sp³-hybridized carbons (Fsp3) is 0.583. The van der Waals surface area contributed by atoms with Crippen LogP contribution in [0.15, 0.2) is 12.8 Å². The lowest BCUT2D eigenvalue weighted by atomic mass is 9.84. The van der Waals surface area contributed by atoms with E-state index in [1.54, 1.807) is 17.8 Å². The molecule has 0 unspecified atom stereocenters. The Labute approximate surface area is 96.3 Å². The normalized spacial score (nSPS) is 13.6. The predicted octanol–water partition coefficient (Wildman–Crippen LogP) is 2.49. The lowest BCUT2D eigenvalue weighted by Crippen LogP contribution is -2.30. The van der Waals surface area contributed by atoms with E-state index in [0.29, 0.717) is 0 Å². The van der Waals surface area contributed by atoms with E-state index in [-0.39, 0.29) is 17.2 Å². The summed E-state index contributed by atoms with van der Waals surface area (Å²) in [5.41, 5.74) is 1.41. The van der Waals surface area contributed by atoms with Gasteiger partial charge in [-0.05, 0) is 24.8 Å². The van der Waals surface area contributed by atoms with Crippen molar-refractivity contribution in [1.29, 1.82) is 0 Å². The van der Waals surface area contributed by atoms with Gasteiger partial charge < -0.3 is 0 Å². The summed E-state index contributed by atoms with van der Waals surface area (Å²) >= 11 is 0. The highest BCUT2D eigenvalue weighted by Gasteiger charge is 2.31. The minimum absolute atomic E-state index is 0.0886. The molecular weight excluding hydrogens is 202 g/mol. The fourth-order valence-corrected chi connectivity index (χ4v) is 1.79. The third-order valence-corrected chi connectivity index (χ3v) is 2.42. The third-order valence-electron chi connectivity index (χ3n) is 2.42. The maximum atomic E-state index is 11.7. The quantitative estimate of drug-likeness (QED) is 0.787. The largest absolute Gasteiger partial charge is 0.298 e. The van der Waals surface area contributed by atoms with Crippen LogP contribution in [-0.2, 0) is 4.79 Å². The van der Waals surface area contributed by atoms with Crippen LogP contribution in [0.3, 0.4) is 0 Å². The summed E-state index contributed by atoms with van der Waals surface area (Å²) in [6.45, 7) is 13.3. The minimum atomic E-state index is -0.284. The zero-order chi connectivity index (χ0) is 12.5. The molecule has 0 radical (unpaired) electrons. The van der Waals surface area contributed by atoms with Crippen LogP contribution in [-0.4, -0.2) is 20.8 Å². The van der Waals surface area contributed by atoms with Crippen molar-refractivity contribution in [2.75, 3.05) is 0 Å². The molecule has 0 fully saturated rings. The summed E-state index contributed by atoms with van der Waals surface area (Å²) in [7, 11) is 0. The van der Waals surface area contributed by atoms with Gasteiger partial charge in [-0.3, -0.25) is 4.79 Å². The molecule has 0 bridgehead atoms. The van der Waals surface area contributed by atoms with Gasteiger partial charge in [0.05, 0.1) is 6.20 Å². The van der Waals surface area contributed by atoms with Crippen molar-refractivity contribution in [3.63, 3.8) is 0 Å². The highest BCUT2D eigenvalue weighted by Crippen LogP contribution is 2.30. The molecule has 1 heterocycles. The second kappa shape index (κ2) is 4.20. The lowest BCUT2D eigenvalue weighted by molar-refractivity contribution is -0.123. The van der Waals surface area contributed by atoms with Gasteiger partial charge in [-0.25, -0.2) is 4.68 Å². The Morgan fingerprint density at radius 1 is 1.44 bits per heavy atom. The number of allylic oxidation sites excluding steroid dienone is 1. The molecule has 4 nitrogen and oxygen atoms in total. The molecule has 0 amide bonds. The molecule has 0 spiro atoms. The molecule has 16 heavy (non-hydrogen) atoms. The number of carbonyl (C=O) groups is 1. The minimum Gasteiger partial charge on any atom is -0.298 e. The second-order valence-electron chi connectivity index (χ2n) is 5.24. The number of Topliss-reactive ketones (excluding diaryl/α,β-unsaturated/α-hetero) is 1. The molecule has 1 aromatic heterocycles. The zero-order valence-electron chi connectivity index (χ0n) is 10.6. The highest BCUT2D eigenvalue weighted by molar-refractivity contribution is 5.80. The SMILES string of the molecule is C=C(C)c1cn([C@H](C(C)=O)C(C)(C)C)nn1. The van der Waals surface area contributed by atoms with Crippen molar-refractivity contribution in [3.8, 4) is 0 Å². The van der Waals surface area contributed by atoms with Crippen molar-refractivity contribution in [2.45, 2.75) is 40.7 Å². The molecule has 0 aromatic carbocycles. The van der Waals surface area contributed by atoms with Crippen LogP contribution in [0.2, 0.25) is 0 Å². The smallest absolute Gasteiger partial charge is 0.154 e. The van der Waals surface area contributed by atoms with Crippen molar-refractivity contribution in [3.05, 3.63) is 18.5 Å². The molecule has 0 saturated heterocycles. The molecule has 0 saturated carbocycles. The summed E-state index contributed by atoms with van der Waals surface area (Å²) in [4.78, 5) is 11.7. The molecule has 0 aliphatic heterocycles. The van der Waals surface area contributed by atoms with Crippen LogP contribution < -0.4 is 0 Å². The van der Waals surface area contributed by atoms with Crippen LogP contribution in [0.25, 0.3) is 5.57 Å². The first kappa shape index (κ1) is 12.6. The molecule has 1 rings (SSSR count). The standard InChI is InChI=1S/C12H19N3O/c1-8(2)10-7-15(14-13-10)11(9(3)16)12(4,5)6/h7,11H,1H2,2-6H3/t11-/m1/s1. The van der Waals surface area contributed by atoms with Gasteiger partial charge in [0.15, 0.2) is 5.78 Å². The molecular formula is C12H19N3O. The van der Waals surface area contributed by atoms with Crippen molar-refractivity contribution >= 4 is 11.4 Å². The van der Waals surface area contributed by atoms with E-state index in [9.17, 15) is 4.79 Å². The molecule has 1 atom stereocenters. The van der Waals surface area contributed by atoms with Crippen LogP contribution >= 0.6 is 0 Å². The van der Waals surface area contributed by atoms with E-state index >= 15 is 0 Å². The first-order valence-electron chi connectivity index (χ1n) is 5.31. The molecule has 0 aliphatic rings. The maximum absolute atomic E-state index is 11.7. The number of hydrogen-bond acceptors (Lipinski definition) is 3. The molecule has 4 heteroatoms. The number of hydrogen-bond donors (Lipinski definition) is 0. The predicted molar refractivity (Wildman–Crippen MR) is 63.9 cm³/mol. The van der Waals surface area contributed by atoms with Gasteiger partial charge >= 0.3 is 0 Å². The molecule has 0 aliphatic carbocycles. The average Bonchev–Trinajstić information content (AvgIpc) is 2.49. The van der Waals surface area contributed by atoms with Gasteiger partial charge in [0.2, 0.25) is 0 Å². The Morgan fingerprint density at radius 2 is 2.00 bits per heavy atom. The number of ketones is 1. The summed E-state index contributed by atoms with van der Waals surface area (Å²) < 4.78 is 1.63. The van der Waals surface area contributed by atoms with E-state index in [4.69, 9.17) is 0 Å². The van der Waals surface area contributed by atoms with Crippen molar-refractivity contribution in [1.82, 2.24) is 15.0 Å². The first-order chi connectivity index (χ1) is 7.23. The number of carbonyl (C=O) groups excluding carboxylic acids is 1. The summed E-state index contributed by atoms with van der Waals surface area (Å²) in [5.74, 6) is 0.0886.